The normalized spacial score (nSPS) is 8.93. The molecule has 0 heterocycles. The molecule has 0 aromatic heterocycles. The van der Waals surface area contributed by atoms with Gasteiger partial charge >= 0.3 is 11.9 Å². The largest absolute Gasteiger partial charge is 0.463 e. The van der Waals surface area contributed by atoms with Gasteiger partial charge in [0.25, 0.3) is 0 Å². The predicted molar refractivity (Wildman–Crippen MR) is 54.2 cm³/mol. The SMILES string of the molecule is C=CCOC(=O)/C=C\C(=O)OCC.Cl. The third-order valence-electron chi connectivity index (χ3n) is 0.986. The standard InChI is InChI=1S/C9H12O4.ClH/c1-3-7-13-9(11)6-5-8(10)12-4-2;/h3,5-6H,1,4,7H2,2H3;1H/b6-5-;. The fourth-order valence-electron chi connectivity index (χ4n) is 0.516. The van der Waals surface area contributed by atoms with Gasteiger partial charge in [-0.1, -0.05) is 12.7 Å². The second kappa shape index (κ2) is 9.80. The monoisotopic (exact) mass is 220 g/mol. The van der Waals surface area contributed by atoms with Crippen molar-refractivity contribution in [2.24, 2.45) is 0 Å². The van der Waals surface area contributed by atoms with Crippen LogP contribution in [0.3, 0.4) is 0 Å². The van der Waals surface area contributed by atoms with Gasteiger partial charge in [0, 0.05) is 12.2 Å². The summed E-state index contributed by atoms with van der Waals surface area (Å²) in [5, 5.41) is 0. The summed E-state index contributed by atoms with van der Waals surface area (Å²) in [4.78, 5) is 21.4. The van der Waals surface area contributed by atoms with E-state index in [-0.39, 0.29) is 25.6 Å². The van der Waals surface area contributed by atoms with Crippen molar-refractivity contribution in [3.05, 3.63) is 24.8 Å². The summed E-state index contributed by atoms with van der Waals surface area (Å²) in [5.41, 5.74) is 0. The molecular formula is C9H13ClO4. The van der Waals surface area contributed by atoms with Crippen molar-refractivity contribution in [2.45, 2.75) is 6.92 Å². The van der Waals surface area contributed by atoms with Crippen LogP contribution < -0.4 is 0 Å². The highest BCUT2D eigenvalue weighted by Gasteiger charge is 1.97. The van der Waals surface area contributed by atoms with E-state index in [9.17, 15) is 9.59 Å². The molecular weight excluding hydrogens is 208 g/mol. The first-order chi connectivity index (χ1) is 6.20. The summed E-state index contributed by atoms with van der Waals surface area (Å²) < 4.78 is 9.11. The Bertz CT molecular complexity index is 223. The number of hydrogen-bond acceptors (Lipinski definition) is 4. The van der Waals surface area contributed by atoms with Crippen LogP contribution in [0, 0.1) is 0 Å². The molecule has 0 unspecified atom stereocenters. The van der Waals surface area contributed by atoms with E-state index in [4.69, 9.17) is 0 Å². The van der Waals surface area contributed by atoms with Crippen molar-refractivity contribution < 1.29 is 19.1 Å². The Morgan fingerprint density at radius 1 is 1.21 bits per heavy atom. The Balaban J connectivity index is 0. The third-order valence-corrected chi connectivity index (χ3v) is 0.986. The van der Waals surface area contributed by atoms with E-state index in [1.165, 1.54) is 6.08 Å². The van der Waals surface area contributed by atoms with Crippen LogP contribution in [0.4, 0.5) is 0 Å². The van der Waals surface area contributed by atoms with Gasteiger partial charge in [0.2, 0.25) is 0 Å². The Morgan fingerprint density at radius 3 is 2.14 bits per heavy atom. The fraction of sp³-hybridized carbons (Fsp3) is 0.333. The molecule has 0 aromatic rings. The van der Waals surface area contributed by atoms with Gasteiger partial charge in [-0.05, 0) is 6.92 Å². The van der Waals surface area contributed by atoms with Gasteiger partial charge in [0.1, 0.15) is 6.61 Å². The van der Waals surface area contributed by atoms with Crippen molar-refractivity contribution in [1.82, 2.24) is 0 Å². The van der Waals surface area contributed by atoms with Crippen molar-refractivity contribution in [2.75, 3.05) is 13.2 Å². The van der Waals surface area contributed by atoms with E-state index < -0.39 is 11.9 Å². The van der Waals surface area contributed by atoms with Gasteiger partial charge in [-0.15, -0.1) is 12.4 Å². The topological polar surface area (TPSA) is 52.6 Å². The first kappa shape index (κ1) is 15.2. The first-order valence-corrected chi connectivity index (χ1v) is 3.83. The molecule has 0 aromatic carbocycles. The summed E-state index contributed by atoms with van der Waals surface area (Å²) in [7, 11) is 0. The molecule has 4 nitrogen and oxygen atoms in total. The van der Waals surface area contributed by atoms with Gasteiger partial charge < -0.3 is 9.47 Å². The molecule has 0 N–H and O–H groups in total. The lowest BCUT2D eigenvalue weighted by molar-refractivity contribution is -0.139. The smallest absolute Gasteiger partial charge is 0.331 e. The van der Waals surface area contributed by atoms with Gasteiger partial charge in [0.15, 0.2) is 0 Å². The van der Waals surface area contributed by atoms with Crippen molar-refractivity contribution >= 4 is 24.3 Å². The van der Waals surface area contributed by atoms with Crippen LogP contribution in [0.5, 0.6) is 0 Å². The minimum atomic E-state index is -0.590. The maximum Gasteiger partial charge on any atom is 0.331 e. The van der Waals surface area contributed by atoms with Crippen LogP contribution in [0.15, 0.2) is 24.8 Å². The average Bonchev–Trinajstić information content (AvgIpc) is 2.12. The number of esters is 2. The van der Waals surface area contributed by atoms with Crippen molar-refractivity contribution in [1.29, 1.82) is 0 Å². The minimum absolute atomic E-state index is 0. The number of hydrogen-bond donors (Lipinski definition) is 0. The molecule has 5 heteroatoms. The highest BCUT2D eigenvalue weighted by molar-refractivity contribution is 5.91. The quantitative estimate of drug-likeness (QED) is 0.398. The summed E-state index contributed by atoms with van der Waals surface area (Å²) >= 11 is 0. The molecule has 0 spiro atoms. The summed E-state index contributed by atoms with van der Waals surface area (Å²) in [5.74, 6) is -1.15. The van der Waals surface area contributed by atoms with E-state index in [0.717, 1.165) is 12.2 Å². The molecule has 80 valence electrons. The summed E-state index contributed by atoms with van der Waals surface area (Å²) in [6.07, 6.45) is 3.48. The molecule has 14 heavy (non-hydrogen) atoms. The minimum Gasteiger partial charge on any atom is -0.463 e. The van der Waals surface area contributed by atoms with Gasteiger partial charge in [-0.25, -0.2) is 9.59 Å². The van der Waals surface area contributed by atoms with Gasteiger partial charge in [0.05, 0.1) is 6.61 Å². The molecule has 0 aliphatic carbocycles. The van der Waals surface area contributed by atoms with E-state index in [1.807, 2.05) is 0 Å². The zero-order valence-corrected chi connectivity index (χ0v) is 8.71. The number of rotatable bonds is 5. The number of carbonyl (C=O) groups excluding carboxylic acids is 2. The zero-order chi connectivity index (χ0) is 10.1. The van der Waals surface area contributed by atoms with Crippen molar-refractivity contribution in [3.8, 4) is 0 Å². The van der Waals surface area contributed by atoms with E-state index >= 15 is 0 Å². The molecule has 0 fully saturated rings. The lowest BCUT2D eigenvalue weighted by atomic mass is 10.5. The molecule has 0 bridgehead atoms. The molecule has 0 atom stereocenters. The first-order valence-electron chi connectivity index (χ1n) is 3.83. The number of ether oxygens (including phenoxy) is 2. The van der Waals surface area contributed by atoms with E-state index in [2.05, 4.69) is 16.1 Å². The fourth-order valence-corrected chi connectivity index (χ4v) is 0.516. The van der Waals surface area contributed by atoms with Crippen LogP contribution in [-0.2, 0) is 19.1 Å². The molecule has 0 rings (SSSR count). The summed E-state index contributed by atoms with van der Waals surface area (Å²) in [6, 6.07) is 0. The molecule has 0 amide bonds. The van der Waals surface area contributed by atoms with Crippen LogP contribution in [-0.4, -0.2) is 25.2 Å². The lowest BCUT2D eigenvalue weighted by Gasteiger charge is -1.96. The maximum atomic E-state index is 10.7. The summed E-state index contributed by atoms with van der Waals surface area (Å²) in [6.45, 7) is 5.46. The van der Waals surface area contributed by atoms with Crippen LogP contribution >= 0.6 is 12.4 Å². The molecule has 0 aliphatic rings. The lowest BCUT2D eigenvalue weighted by Crippen LogP contribution is -2.03. The number of halogens is 1. The predicted octanol–water partition coefficient (Wildman–Crippen LogP) is 1.26. The maximum absolute atomic E-state index is 10.7. The van der Waals surface area contributed by atoms with Crippen LogP contribution in [0.2, 0.25) is 0 Å². The van der Waals surface area contributed by atoms with Crippen LogP contribution in [0.25, 0.3) is 0 Å². The average molecular weight is 221 g/mol. The molecule has 0 saturated carbocycles. The Kier molecular flexibility index (Phi) is 10.6. The Morgan fingerprint density at radius 2 is 1.71 bits per heavy atom. The van der Waals surface area contributed by atoms with E-state index in [0.29, 0.717) is 0 Å². The molecule has 0 saturated heterocycles. The van der Waals surface area contributed by atoms with E-state index in [1.54, 1.807) is 6.92 Å². The molecule has 0 aliphatic heterocycles. The number of carbonyl (C=O) groups is 2. The third kappa shape index (κ3) is 8.80. The second-order valence-electron chi connectivity index (χ2n) is 2.00. The Labute approximate surface area is 89.0 Å². The van der Waals surface area contributed by atoms with Gasteiger partial charge in [-0.3, -0.25) is 0 Å². The highest BCUT2D eigenvalue weighted by Crippen LogP contribution is 1.85. The zero-order valence-electron chi connectivity index (χ0n) is 7.89. The Hall–Kier alpha value is -1.29. The van der Waals surface area contributed by atoms with Gasteiger partial charge in [-0.2, -0.15) is 0 Å². The molecule has 0 radical (unpaired) electrons. The highest BCUT2D eigenvalue weighted by atomic mass is 35.5. The van der Waals surface area contributed by atoms with Crippen molar-refractivity contribution in [3.63, 3.8) is 0 Å². The van der Waals surface area contributed by atoms with Crippen LogP contribution in [0.1, 0.15) is 6.92 Å². The second-order valence-corrected chi connectivity index (χ2v) is 2.00.